The van der Waals surface area contributed by atoms with Gasteiger partial charge in [0.15, 0.2) is 0 Å². The number of unbranched alkanes of at least 4 members (excludes halogenated alkanes) is 2. The van der Waals surface area contributed by atoms with Crippen molar-refractivity contribution >= 4 is 5.97 Å². The minimum atomic E-state index is -0.271. The SMILES string of the molecule is C=C1C(=O)O[C@@H](c2ccccc2)[C@H]1CCC#CCCCC. The molecule has 1 saturated heterocycles. The molecule has 0 bridgehead atoms. The molecule has 2 rings (SSSR count). The lowest BCUT2D eigenvalue weighted by Gasteiger charge is -2.16. The lowest BCUT2D eigenvalue weighted by Crippen LogP contribution is -2.08. The van der Waals surface area contributed by atoms with Crippen molar-refractivity contribution in [2.75, 3.05) is 0 Å². The number of hydrogen-bond acceptors (Lipinski definition) is 2. The Bertz CT molecular complexity index is 548. The van der Waals surface area contributed by atoms with E-state index < -0.39 is 0 Å². The number of hydrogen-bond donors (Lipinski definition) is 0. The Kier molecular flexibility index (Phi) is 5.63. The summed E-state index contributed by atoms with van der Waals surface area (Å²) in [6.45, 7) is 6.06. The van der Waals surface area contributed by atoms with Crippen LogP contribution in [0.25, 0.3) is 0 Å². The quantitative estimate of drug-likeness (QED) is 0.345. The van der Waals surface area contributed by atoms with Crippen molar-refractivity contribution in [3.63, 3.8) is 0 Å². The van der Waals surface area contributed by atoms with Gasteiger partial charge in [0, 0.05) is 24.3 Å². The fraction of sp³-hybridized carbons (Fsp3) is 0.421. The van der Waals surface area contributed by atoms with Crippen molar-refractivity contribution in [3.8, 4) is 11.8 Å². The van der Waals surface area contributed by atoms with Crippen molar-refractivity contribution in [3.05, 3.63) is 48.0 Å². The van der Waals surface area contributed by atoms with Crippen molar-refractivity contribution in [1.82, 2.24) is 0 Å². The van der Waals surface area contributed by atoms with Crippen molar-refractivity contribution in [2.24, 2.45) is 5.92 Å². The molecule has 0 aliphatic carbocycles. The van der Waals surface area contributed by atoms with Crippen LogP contribution < -0.4 is 0 Å². The topological polar surface area (TPSA) is 26.3 Å². The molecule has 1 aromatic carbocycles. The average Bonchev–Trinajstić information content (AvgIpc) is 2.80. The summed E-state index contributed by atoms with van der Waals surface area (Å²) in [5.41, 5.74) is 1.62. The van der Waals surface area contributed by atoms with Gasteiger partial charge < -0.3 is 4.74 Å². The molecule has 1 fully saturated rings. The van der Waals surface area contributed by atoms with Gasteiger partial charge in [0.1, 0.15) is 6.10 Å². The average molecular weight is 282 g/mol. The van der Waals surface area contributed by atoms with Crippen LogP contribution in [0.5, 0.6) is 0 Å². The highest BCUT2D eigenvalue weighted by Crippen LogP contribution is 2.40. The highest BCUT2D eigenvalue weighted by Gasteiger charge is 2.38. The van der Waals surface area contributed by atoms with E-state index in [-0.39, 0.29) is 18.0 Å². The van der Waals surface area contributed by atoms with E-state index in [0.717, 1.165) is 31.2 Å². The van der Waals surface area contributed by atoms with Gasteiger partial charge in [-0.05, 0) is 18.4 Å². The molecule has 21 heavy (non-hydrogen) atoms. The van der Waals surface area contributed by atoms with Gasteiger partial charge in [0.05, 0.1) is 0 Å². The highest BCUT2D eigenvalue weighted by molar-refractivity contribution is 5.90. The Hall–Kier alpha value is -2.01. The van der Waals surface area contributed by atoms with E-state index in [9.17, 15) is 4.79 Å². The number of esters is 1. The highest BCUT2D eigenvalue weighted by atomic mass is 16.6. The number of cyclic esters (lactones) is 1. The van der Waals surface area contributed by atoms with Gasteiger partial charge >= 0.3 is 5.97 Å². The smallest absolute Gasteiger partial charge is 0.334 e. The first kappa shape index (κ1) is 15.4. The molecule has 0 radical (unpaired) electrons. The third-order valence-corrected chi connectivity index (χ3v) is 3.80. The van der Waals surface area contributed by atoms with Gasteiger partial charge in [-0.3, -0.25) is 0 Å². The van der Waals surface area contributed by atoms with Crippen LogP contribution in [0.4, 0.5) is 0 Å². The van der Waals surface area contributed by atoms with Crippen LogP contribution in [0.15, 0.2) is 42.5 Å². The van der Waals surface area contributed by atoms with Crippen LogP contribution in [-0.2, 0) is 9.53 Å². The summed E-state index contributed by atoms with van der Waals surface area (Å²) < 4.78 is 5.48. The van der Waals surface area contributed by atoms with Gasteiger partial charge in [0.25, 0.3) is 0 Å². The molecule has 110 valence electrons. The summed E-state index contributed by atoms with van der Waals surface area (Å²) in [5.74, 6) is 6.15. The lowest BCUT2D eigenvalue weighted by atomic mass is 9.88. The summed E-state index contributed by atoms with van der Waals surface area (Å²) in [4.78, 5) is 11.8. The third kappa shape index (κ3) is 3.98. The largest absolute Gasteiger partial charge is 0.453 e. The standard InChI is InChI=1S/C19H22O2/c1-3-4-5-6-7-11-14-17-15(2)19(20)21-18(17)16-12-9-8-10-13-16/h8-10,12-13,17-18H,2-5,11,14H2,1H3/t17-,18-/m0/s1. The normalized spacial score (nSPS) is 20.8. The molecule has 1 aliphatic rings. The van der Waals surface area contributed by atoms with Crippen LogP contribution in [0.2, 0.25) is 0 Å². The van der Waals surface area contributed by atoms with Gasteiger partial charge in [-0.25, -0.2) is 4.79 Å². The second kappa shape index (κ2) is 7.69. The fourth-order valence-electron chi connectivity index (χ4n) is 2.55. The second-order valence-electron chi connectivity index (χ2n) is 5.36. The molecule has 2 heteroatoms. The maximum absolute atomic E-state index is 11.8. The third-order valence-electron chi connectivity index (χ3n) is 3.80. The summed E-state index contributed by atoms with van der Waals surface area (Å²) in [5, 5.41) is 0. The monoisotopic (exact) mass is 282 g/mol. The van der Waals surface area contributed by atoms with E-state index >= 15 is 0 Å². The summed E-state index contributed by atoms with van der Waals surface area (Å²) in [6.07, 6.45) is 4.68. The predicted octanol–water partition coefficient (Wildman–Crippen LogP) is 4.43. The zero-order chi connectivity index (χ0) is 15.1. The predicted molar refractivity (Wildman–Crippen MR) is 84.4 cm³/mol. The van der Waals surface area contributed by atoms with Gasteiger partial charge in [0.2, 0.25) is 0 Å². The number of carbonyl (C=O) groups is 1. The van der Waals surface area contributed by atoms with Gasteiger partial charge in [-0.15, -0.1) is 11.8 Å². The molecular formula is C19H22O2. The number of rotatable bonds is 5. The van der Waals surface area contributed by atoms with E-state index in [4.69, 9.17) is 4.74 Å². The Balaban J connectivity index is 1.99. The maximum atomic E-state index is 11.8. The Labute approximate surface area is 127 Å². The zero-order valence-corrected chi connectivity index (χ0v) is 12.6. The first-order chi connectivity index (χ1) is 10.2. The van der Waals surface area contributed by atoms with Crippen LogP contribution >= 0.6 is 0 Å². The van der Waals surface area contributed by atoms with Crippen molar-refractivity contribution in [1.29, 1.82) is 0 Å². The molecule has 0 spiro atoms. The molecule has 0 unspecified atom stereocenters. The minimum absolute atomic E-state index is 0.0420. The number of carbonyl (C=O) groups excluding carboxylic acids is 1. The van der Waals surface area contributed by atoms with Crippen LogP contribution in [0, 0.1) is 17.8 Å². The Morgan fingerprint density at radius 1 is 1.19 bits per heavy atom. The van der Waals surface area contributed by atoms with Crippen molar-refractivity contribution < 1.29 is 9.53 Å². The molecular weight excluding hydrogens is 260 g/mol. The van der Waals surface area contributed by atoms with E-state index in [2.05, 4.69) is 25.3 Å². The molecule has 2 atom stereocenters. The van der Waals surface area contributed by atoms with E-state index in [1.165, 1.54) is 6.42 Å². The lowest BCUT2D eigenvalue weighted by molar-refractivity contribution is -0.139. The molecule has 1 aliphatic heterocycles. The van der Waals surface area contributed by atoms with E-state index in [0.29, 0.717) is 5.57 Å². The molecule has 1 aromatic rings. The first-order valence-electron chi connectivity index (χ1n) is 7.64. The number of ether oxygens (including phenoxy) is 1. The summed E-state index contributed by atoms with van der Waals surface area (Å²) in [6, 6.07) is 9.88. The molecule has 0 saturated carbocycles. The summed E-state index contributed by atoms with van der Waals surface area (Å²) in [7, 11) is 0. The number of benzene rings is 1. The molecule has 0 N–H and O–H groups in total. The van der Waals surface area contributed by atoms with Crippen LogP contribution in [0.3, 0.4) is 0 Å². The molecule has 0 amide bonds. The molecule has 1 heterocycles. The van der Waals surface area contributed by atoms with E-state index in [1.54, 1.807) is 0 Å². The second-order valence-corrected chi connectivity index (χ2v) is 5.36. The Morgan fingerprint density at radius 2 is 1.90 bits per heavy atom. The van der Waals surface area contributed by atoms with Crippen LogP contribution in [0.1, 0.15) is 50.7 Å². The zero-order valence-electron chi connectivity index (χ0n) is 12.6. The first-order valence-corrected chi connectivity index (χ1v) is 7.64. The van der Waals surface area contributed by atoms with Crippen LogP contribution in [-0.4, -0.2) is 5.97 Å². The van der Waals surface area contributed by atoms with Gasteiger partial charge in [-0.2, -0.15) is 0 Å². The summed E-state index contributed by atoms with van der Waals surface area (Å²) >= 11 is 0. The fourth-order valence-corrected chi connectivity index (χ4v) is 2.55. The molecule has 0 aromatic heterocycles. The Morgan fingerprint density at radius 3 is 2.62 bits per heavy atom. The van der Waals surface area contributed by atoms with E-state index in [1.807, 2.05) is 30.3 Å². The maximum Gasteiger partial charge on any atom is 0.334 e. The molecule has 2 nitrogen and oxygen atoms in total. The van der Waals surface area contributed by atoms with Crippen molar-refractivity contribution in [2.45, 2.75) is 45.1 Å². The minimum Gasteiger partial charge on any atom is -0.453 e. The van der Waals surface area contributed by atoms with Gasteiger partial charge in [-0.1, -0.05) is 50.3 Å².